The summed E-state index contributed by atoms with van der Waals surface area (Å²) < 4.78 is 44.4. The van der Waals surface area contributed by atoms with E-state index in [0.717, 1.165) is 23.3 Å². The third kappa shape index (κ3) is 6.76. The van der Waals surface area contributed by atoms with Gasteiger partial charge in [0.2, 0.25) is 0 Å². The number of aromatic nitrogens is 3. The number of carbonyl (C=O) groups is 1. The Bertz CT molecular complexity index is 1350. The molecule has 2 aromatic heterocycles. The predicted octanol–water partition coefficient (Wildman–Crippen LogP) is 5.68. The fourth-order valence-corrected chi connectivity index (χ4v) is 3.06. The molecule has 0 atom stereocenters. The Morgan fingerprint density at radius 1 is 1.03 bits per heavy atom. The van der Waals surface area contributed by atoms with Gasteiger partial charge in [-0.2, -0.15) is 13.2 Å². The van der Waals surface area contributed by atoms with Crippen LogP contribution in [0.1, 0.15) is 11.1 Å². The first-order valence-corrected chi connectivity index (χ1v) is 10.2. The maximum absolute atomic E-state index is 12.9. The van der Waals surface area contributed by atoms with Crippen molar-refractivity contribution >= 4 is 23.2 Å². The molecule has 0 aliphatic heterocycles. The Morgan fingerprint density at radius 3 is 2.36 bits per heavy atom. The van der Waals surface area contributed by atoms with Gasteiger partial charge in [-0.1, -0.05) is 30.0 Å². The summed E-state index contributed by atoms with van der Waals surface area (Å²) in [6.45, 7) is 1.58. The molecule has 0 saturated heterocycles. The second kappa shape index (κ2) is 11.4. The number of urea groups is 1. The number of hydrogen-bond donors (Lipinski definition) is 3. The molecule has 36 heavy (non-hydrogen) atoms. The van der Waals surface area contributed by atoms with Crippen LogP contribution in [0.3, 0.4) is 0 Å². The largest absolute Gasteiger partial charge is 0.424 e. The first-order chi connectivity index (χ1) is 16.7. The molecule has 8 nitrogen and oxygen atoms in total. The van der Waals surface area contributed by atoms with Crippen molar-refractivity contribution in [2.24, 2.45) is 0 Å². The number of nitrogens with one attached hydrogen (secondary N) is 2. The zero-order valence-corrected chi connectivity index (χ0v) is 21.6. The number of anilines is 3. The molecule has 12 heteroatoms. The van der Waals surface area contributed by atoms with Gasteiger partial charge in [-0.25, -0.2) is 26.9 Å². The van der Waals surface area contributed by atoms with Crippen LogP contribution in [0.2, 0.25) is 0 Å². The Kier molecular flexibility index (Phi) is 8.59. The SMILES string of the molecule is Cc1ccc(C(F)(F)F)cc1NC(=O)Nc1cnc(Oc2ccc(-c3c[c-]cnc3N)cc2)nc1.[Y]. The van der Waals surface area contributed by atoms with Crippen molar-refractivity contribution in [3.63, 3.8) is 0 Å². The molecule has 4 N–H and O–H groups in total. The summed E-state index contributed by atoms with van der Waals surface area (Å²) in [6.07, 6.45) is -0.416. The second-order valence-electron chi connectivity index (χ2n) is 7.36. The van der Waals surface area contributed by atoms with E-state index in [4.69, 9.17) is 10.5 Å². The standard InChI is InChI=1S/C24H18F3N6O2.Y/c1-14-4-7-16(24(25,26)27)11-20(14)33-22(34)32-17-12-30-23(31-13-17)35-18-8-5-15(6-9-18)19-3-2-10-29-21(19)28;/h3-13H,1H3,(H2,28,29)(H2,32,33,34);/q-1;. The van der Waals surface area contributed by atoms with Crippen molar-refractivity contribution in [2.45, 2.75) is 13.1 Å². The van der Waals surface area contributed by atoms with Crippen molar-refractivity contribution < 1.29 is 55.4 Å². The van der Waals surface area contributed by atoms with E-state index in [2.05, 4.69) is 31.7 Å². The first-order valence-electron chi connectivity index (χ1n) is 10.2. The van der Waals surface area contributed by atoms with E-state index in [-0.39, 0.29) is 50.1 Å². The zero-order valence-electron chi connectivity index (χ0n) is 18.8. The molecule has 0 fully saturated rings. The summed E-state index contributed by atoms with van der Waals surface area (Å²) in [5.41, 5.74) is 7.32. The molecule has 4 rings (SSSR count). The van der Waals surface area contributed by atoms with Crippen molar-refractivity contribution in [3.8, 4) is 22.9 Å². The number of ether oxygens (including phenoxy) is 1. The molecular formula is C24H18F3N6O2Y-. The maximum Gasteiger partial charge on any atom is 0.416 e. The molecular weight excluding hydrogens is 550 g/mol. The minimum atomic E-state index is -4.52. The minimum Gasteiger partial charge on any atom is -0.424 e. The summed E-state index contributed by atoms with van der Waals surface area (Å²) in [4.78, 5) is 24.3. The van der Waals surface area contributed by atoms with Gasteiger partial charge < -0.3 is 21.1 Å². The van der Waals surface area contributed by atoms with E-state index in [1.54, 1.807) is 37.3 Å². The fourth-order valence-electron chi connectivity index (χ4n) is 3.06. The number of pyridine rings is 1. The number of rotatable bonds is 5. The zero-order chi connectivity index (χ0) is 25.0. The minimum absolute atomic E-state index is 0. The van der Waals surface area contributed by atoms with Crippen LogP contribution >= 0.6 is 0 Å². The number of nitrogen functional groups attached to an aromatic ring is 1. The van der Waals surface area contributed by atoms with Gasteiger partial charge in [0, 0.05) is 44.2 Å². The van der Waals surface area contributed by atoms with Crippen LogP contribution in [0.5, 0.6) is 11.8 Å². The van der Waals surface area contributed by atoms with Gasteiger partial charge in [-0.05, 0) is 36.8 Å². The Morgan fingerprint density at radius 2 is 1.72 bits per heavy atom. The molecule has 181 valence electrons. The molecule has 2 amide bonds. The molecule has 0 aliphatic rings. The number of halogens is 3. The van der Waals surface area contributed by atoms with Crippen LogP contribution in [0.4, 0.5) is 35.2 Å². The van der Waals surface area contributed by atoms with Crippen molar-refractivity contribution in [1.29, 1.82) is 0 Å². The van der Waals surface area contributed by atoms with E-state index < -0.39 is 17.8 Å². The summed E-state index contributed by atoms with van der Waals surface area (Å²) >= 11 is 0. The predicted molar refractivity (Wildman–Crippen MR) is 124 cm³/mol. The normalized spacial score (nSPS) is 10.8. The van der Waals surface area contributed by atoms with Crippen LogP contribution in [-0.2, 0) is 38.9 Å². The Hall–Kier alpha value is -3.57. The number of nitrogens with two attached hydrogens (primary N) is 1. The monoisotopic (exact) mass is 568 g/mol. The summed E-state index contributed by atoms with van der Waals surface area (Å²) in [6, 6.07) is 14.0. The van der Waals surface area contributed by atoms with Gasteiger partial charge in [0.25, 0.3) is 0 Å². The third-order valence-corrected chi connectivity index (χ3v) is 4.86. The summed E-state index contributed by atoms with van der Waals surface area (Å²) in [5, 5.41) is 4.86. The Labute approximate surface area is 229 Å². The first kappa shape index (κ1) is 27.0. The molecule has 0 saturated carbocycles. The van der Waals surface area contributed by atoms with Gasteiger partial charge in [0.05, 0.1) is 23.6 Å². The van der Waals surface area contributed by atoms with Crippen LogP contribution in [-0.4, -0.2) is 21.0 Å². The summed E-state index contributed by atoms with van der Waals surface area (Å²) in [5.74, 6) is 0.856. The van der Waals surface area contributed by atoms with E-state index in [1.807, 2.05) is 0 Å². The van der Waals surface area contributed by atoms with Crippen LogP contribution in [0.25, 0.3) is 11.1 Å². The smallest absolute Gasteiger partial charge is 0.416 e. The molecule has 0 aliphatic carbocycles. The molecule has 2 heterocycles. The number of nitrogens with zero attached hydrogens (tertiary/aromatic N) is 3. The number of amides is 2. The van der Waals surface area contributed by atoms with Gasteiger partial charge in [-0.3, -0.25) is 4.98 Å². The van der Waals surface area contributed by atoms with Crippen LogP contribution in [0.15, 0.2) is 67.1 Å². The van der Waals surface area contributed by atoms with Crippen LogP contribution < -0.4 is 21.1 Å². The third-order valence-electron chi connectivity index (χ3n) is 4.86. The van der Waals surface area contributed by atoms with E-state index in [0.29, 0.717) is 17.1 Å². The molecule has 0 unspecified atom stereocenters. The molecule has 4 aromatic rings. The topological polar surface area (TPSA) is 115 Å². The quantitative estimate of drug-likeness (QED) is 0.267. The number of hydrogen-bond acceptors (Lipinski definition) is 6. The van der Waals surface area contributed by atoms with Crippen molar-refractivity contribution in [1.82, 2.24) is 15.0 Å². The van der Waals surface area contributed by atoms with Gasteiger partial charge in [0.1, 0.15) is 5.75 Å². The van der Waals surface area contributed by atoms with E-state index in [9.17, 15) is 18.0 Å². The van der Waals surface area contributed by atoms with Crippen molar-refractivity contribution in [3.05, 3.63) is 84.3 Å². The number of benzene rings is 2. The van der Waals surface area contributed by atoms with Gasteiger partial charge in [-0.15, -0.1) is 5.56 Å². The van der Waals surface area contributed by atoms with E-state index in [1.165, 1.54) is 24.7 Å². The number of alkyl halides is 3. The molecule has 1 radical (unpaired) electrons. The Balaban J connectivity index is 0.00000361. The molecule has 0 bridgehead atoms. The maximum atomic E-state index is 12.9. The van der Waals surface area contributed by atoms with Gasteiger partial charge >= 0.3 is 18.2 Å². The van der Waals surface area contributed by atoms with E-state index >= 15 is 0 Å². The molecule has 2 aromatic carbocycles. The number of carbonyl (C=O) groups excluding carboxylic acids is 1. The fraction of sp³-hybridized carbons (Fsp3) is 0.0833. The average molecular weight is 568 g/mol. The summed E-state index contributed by atoms with van der Waals surface area (Å²) in [7, 11) is 0. The average Bonchev–Trinajstić information content (AvgIpc) is 2.82. The van der Waals surface area contributed by atoms with Crippen molar-refractivity contribution in [2.75, 3.05) is 16.4 Å². The number of aryl methyl sites for hydroxylation is 1. The van der Waals surface area contributed by atoms with Gasteiger partial charge in [0.15, 0.2) is 0 Å². The molecule has 0 spiro atoms. The second-order valence-corrected chi connectivity index (χ2v) is 7.36. The van der Waals surface area contributed by atoms with Crippen LogP contribution in [0, 0.1) is 13.0 Å².